The second-order valence-corrected chi connectivity index (χ2v) is 5.50. The quantitative estimate of drug-likeness (QED) is 0.777. The zero-order valence-electron chi connectivity index (χ0n) is 12.7. The first-order valence-electron chi connectivity index (χ1n) is 7.52. The number of aromatic amines is 1. The van der Waals surface area contributed by atoms with Crippen LogP contribution in [-0.2, 0) is 0 Å². The third-order valence-electron chi connectivity index (χ3n) is 4.04. The number of allylic oxidation sites excluding steroid dienone is 1. The number of rotatable bonds is 2. The zero-order valence-corrected chi connectivity index (χ0v) is 12.7. The van der Waals surface area contributed by atoms with Crippen LogP contribution in [0.2, 0.25) is 0 Å². The van der Waals surface area contributed by atoms with E-state index in [9.17, 15) is 9.65 Å². The van der Waals surface area contributed by atoms with Crippen LogP contribution >= 0.6 is 0 Å². The maximum atomic E-state index is 13.1. The van der Waals surface area contributed by atoms with E-state index in [-0.39, 0.29) is 5.82 Å². The maximum Gasteiger partial charge on any atom is 0.123 e. The predicted octanol–water partition coefficient (Wildman–Crippen LogP) is 3.98. The van der Waals surface area contributed by atoms with Gasteiger partial charge in [0.1, 0.15) is 18.6 Å². The van der Waals surface area contributed by atoms with Crippen molar-refractivity contribution >= 4 is 22.3 Å². The highest BCUT2D eigenvalue weighted by molar-refractivity contribution is 6.21. The molecule has 24 heavy (non-hydrogen) atoms. The third kappa shape index (κ3) is 2.34. The Morgan fingerprint density at radius 2 is 1.92 bits per heavy atom. The topological polar surface area (TPSA) is 55.2 Å². The maximum absolute atomic E-state index is 13.1. The van der Waals surface area contributed by atoms with Crippen LogP contribution in [0.3, 0.4) is 0 Å². The molecule has 4 nitrogen and oxygen atoms in total. The van der Waals surface area contributed by atoms with Crippen LogP contribution < -0.4 is 4.90 Å². The minimum atomic E-state index is -0.289. The lowest BCUT2D eigenvalue weighted by atomic mass is 10.0. The Bertz CT molecular complexity index is 1010. The Morgan fingerprint density at radius 1 is 1.12 bits per heavy atom. The first kappa shape index (κ1) is 14.2. The summed E-state index contributed by atoms with van der Waals surface area (Å²) in [5.41, 5.74) is 3.88. The molecule has 3 aromatic rings. The fraction of sp³-hybridized carbons (Fsp3) is 0.0526. The molecule has 0 unspecified atom stereocenters. The number of aromatic nitrogens is 1. The minimum Gasteiger partial charge on any atom is -0.360 e. The molecule has 5 heteroatoms. The first-order chi connectivity index (χ1) is 11.8. The number of nitrogens with zero attached hydrogens (tertiary/aromatic N) is 3. The Kier molecular flexibility index (Phi) is 3.36. The number of nitriles is 1. The van der Waals surface area contributed by atoms with Gasteiger partial charge in [0.15, 0.2) is 0 Å². The van der Waals surface area contributed by atoms with Gasteiger partial charge in [0.05, 0.1) is 11.3 Å². The van der Waals surface area contributed by atoms with E-state index in [0.717, 1.165) is 22.2 Å². The van der Waals surface area contributed by atoms with Crippen molar-refractivity contribution in [2.75, 3.05) is 11.6 Å². The second-order valence-electron chi connectivity index (χ2n) is 5.50. The molecule has 0 saturated carbocycles. The highest BCUT2D eigenvalue weighted by Crippen LogP contribution is 2.25. The number of hydrogen-bond donors (Lipinski definition) is 1. The first-order valence-corrected chi connectivity index (χ1v) is 7.52. The fourth-order valence-corrected chi connectivity index (χ4v) is 2.86. The van der Waals surface area contributed by atoms with Crippen molar-refractivity contribution in [1.82, 2.24) is 4.98 Å². The van der Waals surface area contributed by atoms with Gasteiger partial charge in [0.25, 0.3) is 0 Å². The van der Waals surface area contributed by atoms with Gasteiger partial charge >= 0.3 is 0 Å². The molecule has 0 aliphatic carbocycles. The molecular weight excluding hydrogens is 303 g/mol. The van der Waals surface area contributed by atoms with Gasteiger partial charge in [-0.25, -0.2) is 4.39 Å². The minimum absolute atomic E-state index is 0.289. The van der Waals surface area contributed by atoms with Crippen molar-refractivity contribution in [2.45, 2.75) is 0 Å². The van der Waals surface area contributed by atoms with Gasteiger partial charge in [-0.15, -0.1) is 0 Å². The van der Waals surface area contributed by atoms with Crippen molar-refractivity contribution in [3.05, 3.63) is 77.9 Å². The van der Waals surface area contributed by atoms with Gasteiger partial charge in [0.2, 0.25) is 0 Å². The number of hydrogen-bond acceptors (Lipinski definition) is 3. The summed E-state index contributed by atoms with van der Waals surface area (Å²) in [5, 5.41) is 10.6. The molecule has 1 N–H and O–H groups in total. The van der Waals surface area contributed by atoms with Crippen LogP contribution in [0.5, 0.6) is 0 Å². The summed E-state index contributed by atoms with van der Waals surface area (Å²) in [6, 6.07) is 16.3. The Morgan fingerprint density at radius 3 is 2.71 bits per heavy atom. The van der Waals surface area contributed by atoms with Crippen molar-refractivity contribution in [2.24, 2.45) is 4.99 Å². The van der Waals surface area contributed by atoms with Gasteiger partial charge in [-0.1, -0.05) is 18.2 Å². The van der Waals surface area contributed by atoms with E-state index < -0.39 is 0 Å². The molecule has 0 saturated heterocycles. The van der Waals surface area contributed by atoms with E-state index in [2.05, 4.69) is 16.0 Å². The summed E-state index contributed by atoms with van der Waals surface area (Å²) in [6.07, 6.45) is 3.64. The number of halogens is 1. The molecule has 0 radical (unpaired) electrons. The zero-order chi connectivity index (χ0) is 16.5. The average Bonchev–Trinajstić information content (AvgIpc) is 3.06. The standard InChI is InChI=1S/C19H13FN4/c20-14-5-7-15(8-6-14)24-11-13(9-21)19(23-12-24)17-10-22-18-4-2-1-3-16(17)18/h1-8,10-11,22H,12H2. The normalized spacial score (nSPS) is 14.2. The number of aliphatic imine (C=N–C) groups is 1. The number of H-pyrrole nitrogens is 1. The summed E-state index contributed by atoms with van der Waals surface area (Å²) in [5.74, 6) is -0.289. The van der Waals surface area contributed by atoms with Gasteiger partial charge in [0, 0.05) is 34.6 Å². The van der Waals surface area contributed by atoms with E-state index >= 15 is 0 Å². The molecule has 4 rings (SSSR count). The lowest BCUT2D eigenvalue weighted by Gasteiger charge is -2.23. The van der Waals surface area contributed by atoms with Crippen molar-refractivity contribution in [3.63, 3.8) is 0 Å². The van der Waals surface area contributed by atoms with Crippen LogP contribution in [0.15, 0.2) is 71.5 Å². The monoisotopic (exact) mass is 316 g/mol. The molecule has 0 fully saturated rings. The highest BCUT2D eigenvalue weighted by Gasteiger charge is 2.20. The van der Waals surface area contributed by atoms with E-state index in [4.69, 9.17) is 0 Å². The van der Waals surface area contributed by atoms with Crippen molar-refractivity contribution in [1.29, 1.82) is 5.26 Å². The van der Waals surface area contributed by atoms with Gasteiger partial charge in [-0.3, -0.25) is 4.99 Å². The molecule has 0 amide bonds. The molecule has 2 aromatic carbocycles. The number of para-hydroxylation sites is 1. The molecule has 1 aromatic heterocycles. The second kappa shape index (κ2) is 5.67. The number of benzene rings is 2. The van der Waals surface area contributed by atoms with Gasteiger partial charge in [-0.2, -0.15) is 5.26 Å². The Balaban J connectivity index is 1.73. The van der Waals surface area contributed by atoms with Crippen LogP contribution in [0.1, 0.15) is 5.56 Å². The SMILES string of the molecule is N#CC1=CN(c2ccc(F)cc2)CN=C1c1c[nH]c2ccccc12. The molecule has 1 aliphatic heterocycles. The van der Waals surface area contributed by atoms with E-state index in [1.807, 2.05) is 35.4 Å². The third-order valence-corrected chi connectivity index (χ3v) is 4.04. The lowest BCUT2D eigenvalue weighted by Crippen LogP contribution is -2.24. The summed E-state index contributed by atoms with van der Waals surface area (Å²) >= 11 is 0. The van der Waals surface area contributed by atoms with Crippen molar-refractivity contribution in [3.8, 4) is 6.07 Å². The van der Waals surface area contributed by atoms with E-state index in [1.165, 1.54) is 12.1 Å². The molecule has 116 valence electrons. The van der Waals surface area contributed by atoms with Crippen LogP contribution in [0.25, 0.3) is 10.9 Å². The summed E-state index contributed by atoms with van der Waals surface area (Å²) in [6.45, 7) is 0.381. The predicted molar refractivity (Wildman–Crippen MR) is 92.3 cm³/mol. The lowest BCUT2D eigenvalue weighted by molar-refractivity contribution is 0.627. The largest absolute Gasteiger partial charge is 0.360 e. The molecule has 0 bridgehead atoms. The fourth-order valence-electron chi connectivity index (χ4n) is 2.86. The molecule has 0 spiro atoms. The van der Waals surface area contributed by atoms with E-state index in [0.29, 0.717) is 18.0 Å². The summed E-state index contributed by atoms with van der Waals surface area (Å²) < 4.78 is 13.1. The average molecular weight is 316 g/mol. The van der Waals surface area contributed by atoms with Crippen LogP contribution in [-0.4, -0.2) is 17.4 Å². The van der Waals surface area contributed by atoms with Gasteiger partial charge < -0.3 is 9.88 Å². The summed E-state index contributed by atoms with van der Waals surface area (Å²) in [4.78, 5) is 9.63. The van der Waals surface area contributed by atoms with Crippen LogP contribution in [0.4, 0.5) is 10.1 Å². The number of nitrogens with one attached hydrogen (secondary N) is 1. The molecule has 2 heterocycles. The van der Waals surface area contributed by atoms with Gasteiger partial charge in [-0.05, 0) is 30.3 Å². The number of anilines is 1. The molecule has 1 aliphatic rings. The van der Waals surface area contributed by atoms with Crippen molar-refractivity contribution < 1.29 is 4.39 Å². The molecule has 0 atom stereocenters. The van der Waals surface area contributed by atoms with Crippen LogP contribution in [0, 0.1) is 17.1 Å². The smallest absolute Gasteiger partial charge is 0.123 e. The Labute approximate surface area is 138 Å². The van der Waals surface area contributed by atoms with E-state index in [1.54, 1.807) is 18.3 Å². The number of fused-ring (bicyclic) bond motifs is 1. The molecular formula is C19H13FN4. The summed E-state index contributed by atoms with van der Waals surface area (Å²) in [7, 11) is 0. The highest BCUT2D eigenvalue weighted by atomic mass is 19.1. The Hall–Kier alpha value is -3.39.